The fourth-order valence-corrected chi connectivity index (χ4v) is 4.07. The topological polar surface area (TPSA) is 26.3 Å². The van der Waals surface area contributed by atoms with Crippen molar-refractivity contribution in [1.29, 1.82) is 0 Å². The number of fused-ring (bicyclic) bond motifs is 2. The highest BCUT2D eigenvalue weighted by Gasteiger charge is 2.68. The molecule has 2 nitrogen and oxygen atoms in total. The van der Waals surface area contributed by atoms with Gasteiger partial charge in [-0.1, -0.05) is 27.7 Å². The van der Waals surface area contributed by atoms with E-state index in [1.54, 1.807) is 0 Å². The van der Waals surface area contributed by atoms with Gasteiger partial charge < -0.3 is 4.74 Å². The zero-order valence-electron chi connectivity index (χ0n) is 11.2. The fourth-order valence-electron chi connectivity index (χ4n) is 4.07. The third kappa shape index (κ3) is 1.22. The molecule has 0 heterocycles. The van der Waals surface area contributed by atoms with E-state index in [9.17, 15) is 4.79 Å². The Morgan fingerprint density at radius 3 is 2.31 bits per heavy atom. The number of esters is 1. The lowest BCUT2D eigenvalue weighted by Gasteiger charge is -2.45. The van der Waals surface area contributed by atoms with Crippen LogP contribution in [-0.4, -0.2) is 11.6 Å². The number of carbonyl (C=O) groups is 1. The molecule has 92 valence electrons. The zero-order valence-corrected chi connectivity index (χ0v) is 11.2. The third-order valence-electron chi connectivity index (χ3n) is 5.87. The van der Waals surface area contributed by atoms with Gasteiger partial charge in [0.05, 0.1) is 0 Å². The molecule has 2 rings (SSSR count). The van der Waals surface area contributed by atoms with Crippen LogP contribution >= 0.6 is 0 Å². The van der Waals surface area contributed by atoms with Crippen LogP contribution in [0.3, 0.4) is 0 Å². The standard InChI is InChI=1S/C14H24O2/c1-6-11(15)16-14(5)9-10-7-8-13(14,4)12(10,2)3/h10H,6-9H2,1-5H3. The lowest BCUT2D eigenvalue weighted by atomic mass is 9.65. The quantitative estimate of drug-likeness (QED) is 0.671. The normalized spacial score (nSPS) is 44.7. The summed E-state index contributed by atoms with van der Waals surface area (Å²) in [4.78, 5) is 11.6. The Labute approximate surface area is 98.7 Å². The lowest BCUT2D eigenvalue weighted by Crippen LogP contribution is -2.48. The first-order valence-corrected chi connectivity index (χ1v) is 6.49. The number of ether oxygens (including phenoxy) is 1. The minimum atomic E-state index is -0.244. The molecule has 0 spiro atoms. The summed E-state index contributed by atoms with van der Waals surface area (Å²) < 4.78 is 5.78. The van der Waals surface area contributed by atoms with E-state index in [1.165, 1.54) is 12.8 Å². The molecule has 2 aliphatic rings. The van der Waals surface area contributed by atoms with Crippen molar-refractivity contribution in [2.24, 2.45) is 16.7 Å². The van der Waals surface area contributed by atoms with Gasteiger partial charge in [0, 0.05) is 11.8 Å². The molecule has 2 saturated carbocycles. The summed E-state index contributed by atoms with van der Waals surface area (Å²) in [6.07, 6.45) is 4.01. The molecule has 0 radical (unpaired) electrons. The number of rotatable bonds is 2. The van der Waals surface area contributed by atoms with Crippen molar-refractivity contribution in [2.45, 2.75) is 65.9 Å². The van der Waals surface area contributed by atoms with Gasteiger partial charge in [0.2, 0.25) is 0 Å². The van der Waals surface area contributed by atoms with E-state index < -0.39 is 0 Å². The first-order chi connectivity index (χ1) is 7.27. The monoisotopic (exact) mass is 224 g/mol. The van der Waals surface area contributed by atoms with E-state index in [4.69, 9.17) is 4.74 Å². The van der Waals surface area contributed by atoms with Crippen LogP contribution in [0.25, 0.3) is 0 Å². The van der Waals surface area contributed by atoms with Gasteiger partial charge in [0.1, 0.15) is 5.60 Å². The molecule has 0 aromatic heterocycles. The Kier molecular flexibility index (Phi) is 2.42. The van der Waals surface area contributed by atoms with Crippen LogP contribution in [-0.2, 0) is 9.53 Å². The highest BCUT2D eigenvalue weighted by molar-refractivity contribution is 5.69. The number of hydrogen-bond donors (Lipinski definition) is 0. The molecule has 0 saturated heterocycles. The summed E-state index contributed by atoms with van der Waals surface area (Å²) in [5.74, 6) is 0.666. The summed E-state index contributed by atoms with van der Waals surface area (Å²) in [6, 6.07) is 0. The lowest BCUT2D eigenvalue weighted by molar-refractivity contribution is -0.174. The molecule has 2 fully saturated rings. The van der Waals surface area contributed by atoms with Gasteiger partial charge in [0.15, 0.2) is 0 Å². The molecule has 0 N–H and O–H groups in total. The molecule has 16 heavy (non-hydrogen) atoms. The maximum atomic E-state index is 11.6. The molecular formula is C14H24O2. The van der Waals surface area contributed by atoms with Gasteiger partial charge in [-0.3, -0.25) is 4.79 Å². The zero-order chi connectivity index (χ0) is 12.2. The Balaban J connectivity index is 2.29. The van der Waals surface area contributed by atoms with E-state index in [-0.39, 0.29) is 17.0 Å². The predicted molar refractivity (Wildman–Crippen MR) is 64.0 cm³/mol. The van der Waals surface area contributed by atoms with Gasteiger partial charge >= 0.3 is 5.97 Å². The van der Waals surface area contributed by atoms with E-state index in [0.29, 0.717) is 17.8 Å². The molecule has 0 aliphatic heterocycles. The van der Waals surface area contributed by atoms with Crippen molar-refractivity contribution in [3.05, 3.63) is 0 Å². The fraction of sp³-hybridized carbons (Fsp3) is 0.929. The summed E-state index contributed by atoms with van der Waals surface area (Å²) in [5, 5.41) is 0. The van der Waals surface area contributed by atoms with Crippen LogP contribution in [0.4, 0.5) is 0 Å². The third-order valence-corrected chi connectivity index (χ3v) is 5.87. The van der Waals surface area contributed by atoms with E-state index in [2.05, 4.69) is 27.7 Å². The highest BCUT2D eigenvalue weighted by Crippen LogP contribution is 2.70. The van der Waals surface area contributed by atoms with Crippen LogP contribution in [0.5, 0.6) is 0 Å². The average Bonchev–Trinajstić information content (AvgIpc) is 2.49. The molecule has 0 aromatic rings. The molecule has 2 bridgehead atoms. The maximum absolute atomic E-state index is 11.6. The predicted octanol–water partition coefficient (Wildman–Crippen LogP) is 3.54. The second-order valence-corrected chi connectivity index (χ2v) is 6.55. The molecule has 3 atom stereocenters. The van der Waals surface area contributed by atoms with Crippen LogP contribution in [0, 0.1) is 16.7 Å². The Hall–Kier alpha value is -0.530. The number of carbonyl (C=O) groups excluding carboxylic acids is 1. The van der Waals surface area contributed by atoms with E-state index >= 15 is 0 Å². The summed E-state index contributed by atoms with van der Waals surface area (Å²) in [5.41, 5.74) is 0.206. The summed E-state index contributed by atoms with van der Waals surface area (Å²) in [7, 11) is 0. The average molecular weight is 224 g/mol. The molecule has 2 heteroatoms. The van der Waals surface area contributed by atoms with Crippen LogP contribution in [0.15, 0.2) is 0 Å². The van der Waals surface area contributed by atoms with Crippen molar-refractivity contribution in [3.8, 4) is 0 Å². The van der Waals surface area contributed by atoms with Gasteiger partial charge in [0.25, 0.3) is 0 Å². The summed E-state index contributed by atoms with van der Waals surface area (Å²) >= 11 is 0. The van der Waals surface area contributed by atoms with E-state index in [0.717, 1.165) is 6.42 Å². The summed E-state index contributed by atoms with van der Waals surface area (Å²) in [6.45, 7) is 11.0. The van der Waals surface area contributed by atoms with Crippen LogP contribution in [0.1, 0.15) is 60.3 Å². The Morgan fingerprint density at radius 2 is 1.94 bits per heavy atom. The van der Waals surface area contributed by atoms with Crippen molar-refractivity contribution >= 4 is 5.97 Å². The Morgan fingerprint density at radius 1 is 1.31 bits per heavy atom. The molecule has 2 aliphatic carbocycles. The van der Waals surface area contributed by atoms with Crippen molar-refractivity contribution in [1.82, 2.24) is 0 Å². The smallest absolute Gasteiger partial charge is 0.306 e. The first-order valence-electron chi connectivity index (χ1n) is 6.49. The number of hydrogen-bond acceptors (Lipinski definition) is 2. The SMILES string of the molecule is CCC(=O)OC1(C)CC2CCC1(C)C2(C)C. The largest absolute Gasteiger partial charge is 0.459 e. The minimum absolute atomic E-state index is 0.0490. The van der Waals surface area contributed by atoms with Gasteiger partial charge in [-0.25, -0.2) is 0 Å². The Bertz CT molecular complexity index is 321. The second-order valence-electron chi connectivity index (χ2n) is 6.55. The van der Waals surface area contributed by atoms with Gasteiger partial charge in [-0.05, 0) is 37.5 Å². The van der Waals surface area contributed by atoms with Crippen molar-refractivity contribution in [2.75, 3.05) is 0 Å². The second kappa shape index (κ2) is 3.24. The van der Waals surface area contributed by atoms with Crippen LogP contribution in [0.2, 0.25) is 0 Å². The van der Waals surface area contributed by atoms with Crippen molar-refractivity contribution < 1.29 is 9.53 Å². The molecule has 0 amide bonds. The molecule has 0 aromatic carbocycles. The molecular weight excluding hydrogens is 200 g/mol. The minimum Gasteiger partial charge on any atom is -0.459 e. The van der Waals surface area contributed by atoms with Crippen molar-refractivity contribution in [3.63, 3.8) is 0 Å². The molecule has 3 unspecified atom stereocenters. The highest BCUT2D eigenvalue weighted by atomic mass is 16.6. The first kappa shape index (κ1) is 11.9. The van der Waals surface area contributed by atoms with Gasteiger partial charge in [-0.15, -0.1) is 0 Å². The maximum Gasteiger partial charge on any atom is 0.306 e. The van der Waals surface area contributed by atoms with Crippen LogP contribution < -0.4 is 0 Å². The van der Waals surface area contributed by atoms with Gasteiger partial charge in [-0.2, -0.15) is 0 Å². The van der Waals surface area contributed by atoms with E-state index in [1.807, 2.05) is 6.92 Å².